The molecule has 0 aliphatic rings. The number of esters is 2. The van der Waals surface area contributed by atoms with Gasteiger partial charge in [-0.25, -0.2) is 14.4 Å². The molecule has 0 saturated heterocycles. The van der Waals surface area contributed by atoms with Crippen molar-refractivity contribution in [2.45, 2.75) is 20.3 Å². The maximum atomic E-state index is 11.0. The summed E-state index contributed by atoms with van der Waals surface area (Å²) >= 11 is 0. The lowest BCUT2D eigenvalue weighted by atomic mass is 10.1. The summed E-state index contributed by atoms with van der Waals surface area (Å²) in [6.45, 7) is 13.6. The van der Waals surface area contributed by atoms with Gasteiger partial charge in [0.05, 0.1) is 13.7 Å². The first-order valence-electron chi connectivity index (χ1n) is 8.35. The molecule has 6 heteroatoms. The molecule has 28 heavy (non-hydrogen) atoms. The third-order valence-corrected chi connectivity index (χ3v) is 2.77. The highest BCUT2D eigenvalue weighted by Crippen LogP contribution is 2.06. The molecule has 1 aromatic rings. The van der Waals surface area contributed by atoms with E-state index < -0.39 is 5.97 Å². The third kappa shape index (κ3) is 16.1. The Morgan fingerprint density at radius 2 is 1.68 bits per heavy atom. The summed E-state index contributed by atoms with van der Waals surface area (Å²) in [7, 11) is 1.36. The monoisotopic (exact) mass is 388 g/mol. The van der Waals surface area contributed by atoms with E-state index in [0.717, 1.165) is 11.6 Å². The molecule has 0 aromatic heterocycles. The van der Waals surface area contributed by atoms with E-state index in [0.29, 0.717) is 18.6 Å². The van der Waals surface area contributed by atoms with Gasteiger partial charge in [-0.2, -0.15) is 0 Å². The van der Waals surface area contributed by atoms with Crippen LogP contribution in [-0.2, 0) is 23.9 Å². The Morgan fingerprint density at radius 1 is 1.14 bits per heavy atom. The van der Waals surface area contributed by atoms with E-state index in [1.807, 2.05) is 42.5 Å². The van der Waals surface area contributed by atoms with Gasteiger partial charge < -0.3 is 14.6 Å². The van der Waals surface area contributed by atoms with Crippen LogP contribution in [0.5, 0.6) is 0 Å². The largest absolute Gasteiger partial charge is 0.478 e. The number of aliphatic carboxylic acids is 1. The maximum absolute atomic E-state index is 11.0. The summed E-state index contributed by atoms with van der Waals surface area (Å²) in [4.78, 5) is 30.7. The minimum atomic E-state index is -0.935. The summed E-state index contributed by atoms with van der Waals surface area (Å²) in [6, 6.07) is 9.89. The van der Waals surface area contributed by atoms with Crippen LogP contribution in [0.4, 0.5) is 0 Å². The zero-order chi connectivity index (χ0) is 21.9. The van der Waals surface area contributed by atoms with Crippen molar-refractivity contribution in [3.05, 3.63) is 78.9 Å². The zero-order valence-electron chi connectivity index (χ0n) is 16.6. The van der Waals surface area contributed by atoms with Gasteiger partial charge in [-0.3, -0.25) is 0 Å². The Hall–Kier alpha value is -3.41. The molecule has 0 spiro atoms. The van der Waals surface area contributed by atoms with Crippen LogP contribution in [0.15, 0.2) is 73.4 Å². The molecule has 0 fully saturated rings. The van der Waals surface area contributed by atoms with Crippen LogP contribution in [-0.4, -0.2) is 36.7 Å². The van der Waals surface area contributed by atoms with Crippen molar-refractivity contribution in [3.8, 4) is 0 Å². The molecule has 0 aliphatic heterocycles. The Kier molecular flexibility index (Phi) is 16.3. The van der Waals surface area contributed by atoms with Gasteiger partial charge in [0.1, 0.15) is 0 Å². The van der Waals surface area contributed by atoms with Gasteiger partial charge in [0.25, 0.3) is 0 Å². The van der Waals surface area contributed by atoms with Gasteiger partial charge in [0, 0.05) is 17.2 Å². The molecule has 0 aliphatic carbocycles. The Balaban J connectivity index is 0. The molecule has 0 amide bonds. The quantitative estimate of drug-likeness (QED) is 0.556. The van der Waals surface area contributed by atoms with Crippen molar-refractivity contribution in [1.82, 2.24) is 0 Å². The molecular weight excluding hydrogens is 360 g/mol. The fraction of sp³-hybridized carbons (Fsp3) is 0.227. The Morgan fingerprint density at radius 3 is 2.04 bits per heavy atom. The number of methoxy groups -OCH3 is 1. The SMILES string of the molecule is C=C(C)C(=O)O.C=C(CC=Cc1ccccc1)C(=O)OC.C=CC(=O)OCC. The number of carbonyl (C=O) groups excluding carboxylic acids is 2. The van der Waals surface area contributed by atoms with Crippen LogP contribution >= 0.6 is 0 Å². The van der Waals surface area contributed by atoms with Crippen molar-refractivity contribution in [3.63, 3.8) is 0 Å². The predicted molar refractivity (Wildman–Crippen MR) is 111 cm³/mol. The molecule has 0 unspecified atom stereocenters. The van der Waals surface area contributed by atoms with Gasteiger partial charge in [0.15, 0.2) is 0 Å². The molecule has 1 N–H and O–H groups in total. The van der Waals surface area contributed by atoms with Crippen molar-refractivity contribution in [2.75, 3.05) is 13.7 Å². The van der Waals surface area contributed by atoms with Crippen molar-refractivity contribution in [2.24, 2.45) is 0 Å². The Bertz CT molecular complexity index is 674. The standard InChI is InChI=1S/C13H14O2.C5H8O2.C4H6O2/c1-11(13(14)15-2)7-6-10-12-8-4-3-5-9-12;1-3-5(6)7-4-2;1-3(2)4(5)6/h3-6,8-10H,1,7H2,2H3;3H,1,4H2,2H3;1H2,2H3,(H,5,6). The molecule has 1 aromatic carbocycles. The lowest BCUT2D eigenvalue weighted by Crippen LogP contribution is -2.02. The molecule has 1 rings (SSSR count). The topological polar surface area (TPSA) is 89.9 Å². The fourth-order valence-electron chi connectivity index (χ4n) is 1.33. The van der Waals surface area contributed by atoms with E-state index in [9.17, 15) is 14.4 Å². The van der Waals surface area contributed by atoms with Gasteiger partial charge >= 0.3 is 17.9 Å². The van der Waals surface area contributed by atoms with Crippen molar-refractivity contribution < 1.29 is 29.0 Å². The first-order chi connectivity index (χ1) is 13.2. The van der Waals surface area contributed by atoms with E-state index in [2.05, 4.69) is 29.2 Å². The van der Waals surface area contributed by atoms with Gasteiger partial charge in [0.2, 0.25) is 0 Å². The second-order valence-corrected chi connectivity index (χ2v) is 5.15. The molecule has 0 heterocycles. The number of carboxylic acids is 1. The number of benzene rings is 1. The van der Waals surface area contributed by atoms with Gasteiger partial charge in [-0.05, 0) is 25.8 Å². The van der Waals surface area contributed by atoms with Crippen LogP contribution in [0.25, 0.3) is 6.08 Å². The number of ether oxygens (including phenoxy) is 2. The van der Waals surface area contributed by atoms with Crippen LogP contribution in [0.2, 0.25) is 0 Å². The lowest BCUT2D eigenvalue weighted by Gasteiger charge is -1.98. The molecule has 6 nitrogen and oxygen atoms in total. The minimum Gasteiger partial charge on any atom is -0.478 e. The van der Waals surface area contributed by atoms with Crippen LogP contribution in [0.3, 0.4) is 0 Å². The average molecular weight is 388 g/mol. The Labute approximate surface area is 166 Å². The third-order valence-electron chi connectivity index (χ3n) is 2.77. The molecular formula is C22H28O6. The molecule has 152 valence electrons. The van der Waals surface area contributed by atoms with Gasteiger partial charge in [-0.1, -0.05) is 62.2 Å². The zero-order valence-corrected chi connectivity index (χ0v) is 16.6. The highest BCUT2D eigenvalue weighted by molar-refractivity contribution is 5.88. The highest BCUT2D eigenvalue weighted by atomic mass is 16.5. The lowest BCUT2D eigenvalue weighted by molar-refractivity contribution is -0.137. The summed E-state index contributed by atoms with van der Waals surface area (Å²) in [5.41, 5.74) is 1.75. The molecule has 0 radical (unpaired) electrons. The number of hydrogen-bond acceptors (Lipinski definition) is 5. The molecule has 0 atom stereocenters. The predicted octanol–water partition coefficient (Wildman–Crippen LogP) is 4.20. The average Bonchev–Trinajstić information content (AvgIpc) is 2.69. The van der Waals surface area contributed by atoms with E-state index in [4.69, 9.17) is 5.11 Å². The number of allylic oxidation sites excluding steroid dienone is 1. The first-order valence-corrected chi connectivity index (χ1v) is 8.35. The summed E-state index contributed by atoms with van der Waals surface area (Å²) in [6.07, 6.45) is 5.51. The number of hydrogen-bond donors (Lipinski definition) is 1. The van der Waals surface area contributed by atoms with Crippen LogP contribution < -0.4 is 0 Å². The molecule has 0 bridgehead atoms. The summed E-state index contributed by atoms with van der Waals surface area (Å²) in [5.74, 6) is -1.65. The second-order valence-electron chi connectivity index (χ2n) is 5.15. The van der Waals surface area contributed by atoms with Crippen molar-refractivity contribution >= 4 is 24.0 Å². The maximum Gasteiger partial charge on any atom is 0.333 e. The van der Waals surface area contributed by atoms with E-state index in [1.165, 1.54) is 14.0 Å². The smallest absolute Gasteiger partial charge is 0.333 e. The fourth-order valence-corrected chi connectivity index (χ4v) is 1.33. The van der Waals surface area contributed by atoms with E-state index in [-0.39, 0.29) is 17.5 Å². The number of carbonyl (C=O) groups is 3. The van der Waals surface area contributed by atoms with Crippen molar-refractivity contribution in [1.29, 1.82) is 0 Å². The minimum absolute atomic E-state index is 0.176. The first kappa shape index (κ1) is 26.8. The van der Waals surface area contributed by atoms with Gasteiger partial charge in [-0.15, -0.1) is 0 Å². The summed E-state index contributed by atoms with van der Waals surface area (Å²) in [5, 5.41) is 7.89. The highest BCUT2D eigenvalue weighted by Gasteiger charge is 2.02. The molecule has 0 saturated carbocycles. The van der Waals surface area contributed by atoms with E-state index in [1.54, 1.807) is 6.92 Å². The van der Waals surface area contributed by atoms with Crippen LogP contribution in [0.1, 0.15) is 25.8 Å². The normalized spacial score (nSPS) is 8.96. The number of carboxylic acid groups (broad SMARTS) is 1. The van der Waals surface area contributed by atoms with Crippen LogP contribution in [0, 0.1) is 0 Å². The second kappa shape index (κ2) is 17.0. The number of rotatable bonds is 7. The van der Waals surface area contributed by atoms with E-state index >= 15 is 0 Å². The summed E-state index contributed by atoms with van der Waals surface area (Å²) < 4.78 is 8.98.